The number of carbonyl (C=O) groups is 1. The first-order chi connectivity index (χ1) is 17.5. The van der Waals surface area contributed by atoms with E-state index >= 15 is 0 Å². The average Bonchev–Trinajstić information content (AvgIpc) is 3.68. The number of rotatable bonds is 5. The number of fused-ring (bicyclic) bond motifs is 4. The monoisotopic (exact) mass is 478 g/mol. The molecule has 1 N–H and O–H groups in total. The van der Waals surface area contributed by atoms with Crippen LogP contribution >= 0.6 is 0 Å². The second-order valence-corrected chi connectivity index (χ2v) is 10.0. The van der Waals surface area contributed by atoms with Crippen LogP contribution in [0.15, 0.2) is 60.0 Å². The van der Waals surface area contributed by atoms with Crippen LogP contribution in [-0.4, -0.2) is 67.8 Å². The zero-order valence-corrected chi connectivity index (χ0v) is 20.2. The maximum absolute atomic E-state index is 11.8. The Balaban J connectivity index is 1.17. The molecule has 4 aromatic rings. The summed E-state index contributed by atoms with van der Waals surface area (Å²) in [5.74, 6) is 0.432. The van der Waals surface area contributed by atoms with Crippen LogP contribution in [0.4, 0.5) is 17.2 Å². The molecule has 3 aliphatic rings. The Labute approximate surface area is 208 Å². The number of amides is 1. The predicted molar refractivity (Wildman–Crippen MR) is 139 cm³/mol. The second kappa shape index (κ2) is 7.96. The van der Waals surface area contributed by atoms with Gasteiger partial charge in [0.05, 0.1) is 17.5 Å². The fraction of sp³-hybridized carbons (Fsp3) is 0.296. The number of carbonyl (C=O) groups excluding carboxylic acids is 1. The van der Waals surface area contributed by atoms with Crippen LogP contribution < -0.4 is 10.2 Å². The van der Waals surface area contributed by atoms with Crippen LogP contribution in [0.5, 0.6) is 0 Å². The molecule has 0 unspecified atom stereocenters. The lowest BCUT2D eigenvalue weighted by Gasteiger charge is -2.37. The number of likely N-dealkylation sites (tertiary alicyclic amines) is 1. The van der Waals surface area contributed by atoms with E-state index in [9.17, 15) is 4.79 Å². The standard InChI is InChI=1S/C27H26N8O/c1-16(2)33-13-22-10-21(33)14-34(22)20-5-3-4-19(9-20)32-25-26-30-15-31-35(26)24(12-28-25)17-6-7-23-18(8-17)11-29-27(23)36/h3-9,11-12,15-16,21-22H,10,13-14H2,1-2H3,(H,28,32)/t21-,22-/m0/s1. The van der Waals surface area contributed by atoms with Crippen LogP contribution in [0, 0.1) is 0 Å². The van der Waals surface area contributed by atoms with E-state index in [1.54, 1.807) is 23.0 Å². The van der Waals surface area contributed by atoms with Crippen molar-refractivity contribution in [2.45, 2.75) is 38.4 Å². The third-order valence-corrected chi connectivity index (χ3v) is 7.59. The summed E-state index contributed by atoms with van der Waals surface area (Å²) in [5.41, 5.74) is 5.94. The molecule has 180 valence electrons. The highest BCUT2D eigenvalue weighted by Crippen LogP contribution is 2.37. The lowest BCUT2D eigenvalue weighted by molar-refractivity contribution is 0.101. The third kappa shape index (κ3) is 3.30. The summed E-state index contributed by atoms with van der Waals surface area (Å²) < 4.78 is 1.77. The molecule has 2 bridgehead atoms. The first-order valence-corrected chi connectivity index (χ1v) is 12.4. The minimum atomic E-state index is -0.207. The fourth-order valence-electron chi connectivity index (χ4n) is 5.87. The molecule has 0 spiro atoms. The van der Waals surface area contributed by atoms with Gasteiger partial charge in [-0.25, -0.2) is 19.5 Å². The molecule has 2 saturated heterocycles. The number of piperazine rings is 1. The molecule has 2 aromatic heterocycles. The van der Waals surface area contributed by atoms with Crippen LogP contribution in [0.2, 0.25) is 0 Å². The van der Waals surface area contributed by atoms with Gasteiger partial charge in [-0.15, -0.1) is 0 Å². The number of hydrogen-bond acceptors (Lipinski definition) is 7. The van der Waals surface area contributed by atoms with Gasteiger partial charge < -0.3 is 10.2 Å². The molecule has 7 rings (SSSR count). The van der Waals surface area contributed by atoms with Crippen LogP contribution in [0.3, 0.4) is 0 Å². The number of nitrogens with one attached hydrogen (secondary N) is 1. The highest BCUT2D eigenvalue weighted by molar-refractivity contribution is 6.13. The van der Waals surface area contributed by atoms with E-state index in [1.165, 1.54) is 18.4 Å². The molecular formula is C27H26N8O. The van der Waals surface area contributed by atoms with Gasteiger partial charge in [-0.3, -0.25) is 9.69 Å². The number of aromatic nitrogens is 4. The Kier molecular flexibility index (Phi) is 4.69. The number of aliphatic imine (C=N–C) groups is 1. The van der Waals surface area contributed by atoms with Crippen molar-refractivity contribution in [1.82, 2.24) is 24.5 Å². The molecule has 9 heteroatoms. The van der Waals surface area contributed by atoms with Gasteiger partial charge >= 0.3 is 0 Å². The Morgan fingerprint density at radius 1 is 1.06 bits per heavy atom. The summed E-state index contributed by atoms with van der Waals surface area (Å²) in [6, 6.07) is 16.0. The maximum Gasteiger partial charge on any atom is 0.277 e. The van der Waals surface area contributed by atoms with Crippen molar-refractivity contribution >= 4 is 35.0 Å². The van der Waals surface area contributed by atoms with Gasteiger partial charge in [-0.05, 0) is 50.6 Å². The van der Waals surface area contributed by atoms with Crippen molar-refractivity contribution in [3.8, 4) is 11.3 Å². The van der Waals surface area contributed by atoms with Crippen molar-refractivity contribution in [3.05, 3.63) is 66.1 Å². The minimum absolute atomic E-state index is 0.207. The predicted octanol–water partition coefficient (Wildman–Crippen LogP) is 3.78. The summed E-state index contributed by atoms with van der Waals surface area (Å²) in [6.07, 6.45) is 6.15. The smallest absolute Gasteiger partial charge is 0.277 e. The highest BCUT2D eigenvalue weighted by atomic mass is 16.1. The average molecular weight is 479 g/mol. The maximum atomic E-state index is 11.8. The normalized spacial score (nSPS) is 20.8. The molecular weight excluding hydrogens is 452 g/mol. The van der Waals surface area contributed by atoms with Gasteiger partial charge in [0.2, 0.25) is 0 Å². The molecule has 2 atom stereocenters. The Bertz CT molecular complexity index is 1540. The fourth-order valence-corrected chi connectivity index (χ4v) is 5.87. The number of hydrogen-bond donors (Lipinski definition) is 1. The molecule has 5 heterocycles. The lowest BCUT2D eigenvalue weighted by atomic mass is 10.0. The SMILES string of the molecule is CC(C)N1C[C@@H]2C[C@H]1CN2c1cccc(Nc2ncc(-c3ccc4c(c3)C=NC4=O)n3ncnc23)c1. The molecule has 2 aromatic carbocycles. The Morgan fingerprint density at radius 3 is 2.81 bits per heavy atom. The number of nitrogens with zero attached hydrogens (tertiary/aromatic N) is 7. The van der Waals surface area contributed by atoms with Crippen molar-refractivity contribution < 1.29 is 4.79 Å². The van der Waals surface area contributed by atoms with Gasteiger partial charge in [0.1, 0.15) is 6.33 Å². The van der Waals surface area contributed by atoms with E-state index in [4.69, 9.17) is 4.98 Å². The number of anilines is 3. The topological polar surface area (TPSA) is 91.0 Å². The highest BCUT2D eigenvalue weighted by Gasteiger charge is 2.44. The molecule has 1 amide bonds. The van der Waals surface area contributed by atoms with Gasteiger partial charge in [0.15, 0.2) is 11.5 Å². The van der Waals surface area contributed by atoms with E-state index in [1.807, 2.05) is 12.1 Å². The van der Waals surface area contributed by atoms with E-state index in [-0.39, 0.29) is 5.91 Å². The summed E-state index contributed by atoms with van der Waals surface area (Å²) in [4.78, 5) is 30.1. The molecule has 2 fully saturated rings. The van der Waals surface area contributed by atoms with Crippen LogP contribution in [0.25, 0.3) is 16.9 Å². The summed E-state index contributed by atoms with van der Waals surface area (Å²) in [7, 11) is 0. The molecule has 3 aliphatic heterocycles. The van der Waals surface area contributed by atoms with Gasteiger partial charge in [0, 0.05) is 59.9 Å². The minimum Gasteiger partial charge on any atom is -0.366 e. The zero-order valence-electron chi connectivity index (χ0n) is 20.2. The van der Waals surface area contributed by atoms with E-state index in [2.05, 4.69) is 68.3 Å². The van der Waals surface area contributed by atoms with E-state index in [0.717, 1.165) is 35.6 Å². The quantitative estimate of drug-likeness (QED) is 0.467. The summed E-state index contributed by atoms with van der Waals surface area (Å²) in [6.45, 7) is 6.79. The third-order valence-electron chi connectivity index (χ3n) is 7.59. The van der Waals surface area contributed by atoms with Gasteiger partial charge in [-0.1, -0.05) is 12.1 Å². The van der Waals surface area contributed by atoms with Crippen molar-refractivity contribution in [2.24, 2.45) is 4.99 Å². The largest absolute Gasteiger partial charge is 0.366 e. The van der Waals surface area contributed by atoms with E-state index in [0.29, 0.717) is 35.2 Å². The summed E-state index contributed by atoms with van der Waals surface area (Å²) >= 11 is 0. The van der Waals surface area contributed by atoms with Gasteiger partial charge in [0.25, 0.3) is 5.91 Å². The zero-order chi connectivity index (χ0) is 24.4. The molecule has 0 saturated carbocycles. The number of benzene rings is 2. The lowest BCUT2D eigenvalue weighted by Crippen LogP contribution is -2.48. The Morgan fingerprint density at radius 2 is 1.97 bits per heavy atom. The first kappa shape index (κ1) is 21.2. The summed E-state index contributed by atoms with van der Waals surface area (Å²) in [5, 5.41) is 7.90. The van der Waals surface area contributed by atoms with Crippen molar-refractivity contribution in [3.63, 3.8) is 0 Å². The molecule has 0 radical (unpaired) electrons. The molecule has 36 heavy (non-hydrogen) atoms. The van der Waals surface area contributed by atoms with Crippen LogP contribution in [0.1, 0.15) is 36.2 Å². The van der Waals surface area contributed by atoms with Gasteiger partial charge in [-0.2, -0.15) is 5.10 Å². The van der Waals surface area contributed by atoms with Crippen LogP contribution in [-0.2, 0) is 0 Å². The van der Waals surface area contributed by atoms with Crippen molar-refractivity contribution in [2.75, 3.05) is 23.3 Å². The molecule has 9 nitrogen and oxygen atoms in total. The first-order valence-electron chi connectivity index (χ1n) is 12.4. The second-order valence-electron chi connectivity index (χ2n) is 10.0. The van der Waals surface area contributed by atoms with Crippen molar-refractivity contribution in [1.29, 1.82) is 0 Å². The Hall–Kier alpha value is -4.11. The van der Waals surface area contributed by atoms with E-state index < -0.39 is 0 Å². The molecule has 0 aliphatic carbocycles.